The number of hydrogen-bond acceptors (Lipinski definition) is 3. The first-order valence-corrected chi connectivity index (χ1v) is 5.04. The third-order valence-corrected chi connectivity index (χ3v) is 3.11. The minimum absolute atomic E-state index is 0.432. The van der Waals surface area contributed by atoms with Crippen molar-refractivity contribution in [3.05, 3.63) is 28.8 Å². The van der Waals surface area contributed by atoms with E-state index in [0.29, 0.717) is 11.4 Å². The van der Waals surface area contributed by atoms with Gasteiger partial charge in [-0.15, -0.1) is 22.9 Å². The molecule has 1 heterocycles. The summed E-state index contributed by atoms with van der Waals surface area (Å²) < 4.78 is 1.02. The summed E-state index contributed by atoms with van der Waals surface area (Å²) in [5.41, 5.74) is 1.58. The van der Waals surface area contributed by atoms with Crippen LogP contribution >= 0.6 is 22.9 Å². The lowest BCUT2D eigenvalue weighted by molar-refractivity contribution is 1.30. The zero-order valence-electron chi connectivity index (χ0n) is 6.62. The highest BCUT2D eigenvalue weighted by atomic mass is 35.5. The molecule has 0 radical (unpaired) electrons. The molecule has 2 rings (SSSR count). The lowest BCUT2D eigenvalue weighted by Gasteiger charge is -1.86. The Labute approximate surface area is 84.4 Å². The Morgan fingerprint density at radius 2 is 2.38 bits per heavy atom. The highest BCUT2D eigenvalue weighted by molar-refractivity contribution is 7.18. The molecule has 0 N–H and O–H groups in total. The third-order valence-electron chi connectivity index (χ3n) is 1.68. The summed E-state index contributed by atoms with van der Waals surface area (Å²) in [5, 5.41) is 9.56. The van der Waals surface area contributed by atoms with E-state index in [1.165, 1.54) is 11.3 Å². The predicted octanol–water partition coefficient (Wildman–Crippen LogP) is 2.91. The molecule has 0 fully saturated rings. The van der Waals surface area contributed by atoms with Crippen LogP contribution in [0.5, 0.6) is 0 Å². The topological polar surface area (TPSA) is 36.7 Å². The van der Waals surface area contributed by atoms with Crippen LogP contribution in [0.3, 0.4) is 0 Å². The fourth-order valence-corrected chi connectivity index (χ4v) is 2.18. The second-order valence-corrected chi connectivity index (χ2v) is 3.92. The van der Waals surface area contributed by atoms with Gasteiger partial charge in [0.1, 0.15) is 5.01 Å². The van der Waals surface area contributed by atoms with Crippen molar-refractivity contribution in [2.24, 2.45) is 0 Å². The van der Waals surface area contributed by atoms with Gasteiger partial charge in [0.2, 0.25) is 0 Å². The van der Waals surface area contributed by atoms with Gasteiger partial charge in [-0.05, 0) is 18.2 Å². The van der Waals surface area contributed by atoms with Gasteiger partial charge in [-0.1, -0.05) is 0 Å². The maximum absolute atomic E-state index is 8.67. The van der Waals surface area contributed by atoms with E-state index in [1.807, 2.05) is 12.1 Å². The van der Waals surface area contributed by atoms with Gasteiger partial charge in [0.15, 0.2) is 0 Å². The lowest BCUT2D eigenvalue weighted by atomic mass is 10.2. The molecule has 0 aliphatic rings. The first-order valence-electron chi connectivity index (χ1n) is 3.69. The van der Waals surface area contributed by atoms with Crippen molar-refractivity contribution in [3.63, 3.8) is 0 Å². The number of fused-ring (bicyclic) bond motifs is 1. The van der Waals surface area contributed by atoms with Crippen molar-refractivity contribution >= 4 is 33.2 Å². The first-order chi connectivity index (χ1) is 6.33. The number of nitriles is 1. The van der Waals surface area contributed by atoms with Crippen molar-refractivity contribution in [1.29, 1.82) is 5.26 Å². The van der Waals surface area contributed by atoms with Gasteiger partial charge in [0.05, 0.1) is 27.7 Å². The third kappa shape index (κ3) is 1.51. The number of hydrogen-bond donors (Lipinski definition) is 0. The number of alkyl halides is 1. The van der Waals surface area contributed by atoms with E-state index in [0.717, 1.165) is 15.2 Å². The Balaban J connectivity index is 2.65. The molecule has 0 aliphatic carbocycles. The Morgan fingerprint density at radius 1 is 1.54 bits per heavy atom. The Kier molecular flexibility index (Phi) is 2.17. The fourth-order valence-electron chi connectivity index (χ4n) is 1.10. The zero-order chi connectivity index (χ0) is 9.26. The second kappa shape index (κ2) is 3.33. The van der Waals surface area contributed by atoms with E-state index in [-0.39, 0.29) is 0 Å². The molecule has 2 aromatic rings. The van der Waals surface area contributed by atoms with E-state index >= 15 is 0 Å². The molecule has 0 atom stereocenters. The van der Waals surface area contributed by atoms with Gasteiger partial charge in [0.25, 0.3) is 0 Å². The molecule has 13 heavy (non-hydrogen) atoms. The van der Waals surface area contributed by atoms with Gasteiger partial charge in [-0.2, -0.15) is 5.26 Å². The van der Waals surface area contributed by atoms with Crippen molar-refractivity contribution in [1.82, 2.24) is 4.98 Å². The van der Waals surface area contributed by atoms with Gasteiger partial charge >= 0.3 is 0 Å². The van der Waals surface area contributed by atoms with Crippen LogP contribution in [0.1, 0.15) is 10.6 Å². The van der Waals surface area contributed by atoms with E-state index < -0.39 is 0 Å². The van der Waals surface area contributed by atoms with E-state index in [4.69, 9.17) is 16.9 Å². The monoisotopic (exact) mass is 208 g/mol. The molecule has 0 amide bonds. The number of halogens is 1. The van der Waals surface area contributed by atoms with E-state index in [1.54, 1.807) is 6.07 Å². The number of rotatable bonds is 1. The first kappa shape index (κ1) is 8.49. The number of aromatic nitrogens is 1. The molecule has 64 valence electrons. The molecule has 0 unspecified atom stereocenters. The molecule has 1 aromatic heterocycles. The lowest BCUT2D eigenvalue weighted by Crippen LogP contribution is -1.73. The zero-order valence-corrected chi connectivity index (χ0v) is 8.19. The molecular formula is C9H5ClN2S. The number of nitrogens with zero attached hydrogens (tertiary/aromatic N) is 2. The minimum Gasteiger partial charge on any atom is -0.240 e. The van der Waals surface area contributed by atoms with Gasteiger partial charge < -0.3 is 0 Å². The van der Waals surface area contributed by atoms with Crippen LogP contribution in [0.15, 0.2) is 18.2 Å². The van der Waals surface area contributed by atoms with Gasteiger partial charge in [-0.25, -0.2) is 4.98 Å². The summed E-state index contributed by atoms with van der Waals surface area (Å²) in [6, 6.07) is 7.54. The summed E-state index contributed by atoms with van der Waals surface area (Å²) in [6.07, 6.45) is 0. The molecule has 0 saturated carbocycles. The summed E-state index contributed by atoms with van der Waals surface area (Å²) in [4.78, 5) is 4.28. The van der Waals surface area contributed by atoms with Crippen LogP contribution in [0, 0.1) is 11.3 Å². The van der Waals surface area contributed by atoms with Crippen LogP contribution in [-0.4, -0.2) is 4.98 Å². The summed E-state index contributed by atoms with van der Waals surface area (Å²) in [7, 11) is 0. The van der Waals surface area contributed by atoms with E-state index in [2.05, 4.69) is 11.1 Å². The maximum Gasteiger partial charge on any atom is 0.109 e. The summed E-state index contributed by atoms with van der Waals surface area (Å²) in [5.74, 6) is 0.432. The number of benzene rings is 1. The molecule has 2 nitrogen and oxygen atoms in total. The van der Waals surface area contributed by atoms with Gasteiger partial charge in [0, 0.05) is 0 Å². The highest BCUT2D eigenvalue weighted by Gasteiger charge is 2.02. The Bertz CT molecular complexity index is 484. The highest BCUT2D eigenvalue weighted by Crippen LogP contribution is 2.23. The largest absolute Gasteiger partial charge is 0.240 e. The van der Waals surface area contributed by atoms with Crippen LogP contribution in [0.25, 0.3) is 10.2 Å². The average Bonchev–Trinajstić information content (AvgIpc) is 2.58. The summed E-state index contributed by atoms with van der Waals surface area (Å²) in [6.45, 7) is 0. The molecule has 1 aromatic carbocycles. The second-order valence-electron chi connectivity index (χ2n) is 2.54. The molecule has 0 spiro atoms. The normalized spacial score (nSPS) is 10.2. The number of thiazole rings is 1. The van der Waals surface area contributed by atoms with Crippen molar-refractivity contribution in [2.75, 3.05) is 0 Å². The van der Waals surface area contributed by atoms with Crippen LogP contribution in [0.2, 0.25) is 0 Å². The Morgan fingerprint density at radius 3 is 3.08 bits per heavy atom. The average molecular weight is 209 g/mol. The van der Waals surface area contributed by atoms with Crippen molar-refractivity contribution < 1.29 is 0 Å². The van der Waals surface area contributed by atoms with Crippen molar-refractivity contribution in [2.45, 2.75) is 5.88 Å². The standard InChI is InChI=1S/C9H5ClN2S/c10-4-9-12-7-2-1-6(5-11)3-8(7)13-9/h1-3H,4H2. The quantitative estimate of drug-likeness (QED) is 0.676. The maximum atomic E-state index is 8.67. The predicted molar refractivity (Wildman–Crippen MR) is 53.9 cm³/mol. The Hall–Kier alpha value is -1.11. The minimum atomic E-state index is 0.432. The van der Waals surface area contributed by atoms with Gasteiger partial charge in [-0.3, -0.25) is 0 Å². The van der Waals surface area contributed by atoms with Crippen LogP contribution in [-0.2, 0) is 5.88 Å². The van der Waals surface area contributed by atoms with E-state index in [9.17, 15) is 0 Å². The van der Waals surface area contributed by atoms with Crippen LogP contribution in [0.4, 0.5) is 0 Å². The molecule has 0 aliphatic heterocycles. The molecule has 0 saturated heterocycles. The molecule has 4 heteroatoms. The van der Waals surface area contributed by atoms with Crippen molar-refractivity contribution in [3.8, 4) is 6.07 Å². The molecular weight excluding hydrogens is 204 g/mol. The smallest absolute Gasteiger partial charge is 0.109 e. The SMILES string of the molecule is N#Cc1ccc2nc(CCl)sc2c1. The molecule has 0 bridgehead atoms. The fraction of sp³-hybridized carbons (Fsp3) is 0.111. The summed E-state index contributed by atoms with van der Waals surface area (Å²) >= 11 is 7.19. The van der Waals surface area contributed by atoms with Crippen LogP contribution < -0.4 is 0 Å².